The van der Waals surface area contributed by atoms with Gasteiger partial charge in [0.2, 0.25) is 11.6 Å². The van der Waals surface area contributed by atoms with E-state index in [0.717, 1.165) is 13.3 Å². The molecule has 2 rings (SSSR count). The van der Waals surface area contributed by atoms with E-state index in [1.54, 1.807) is 0 Å². The van der Waals surface area contributed by atoms with Crippen LogP contribution in [-0.2, 0) is 4.74 Å². The quantitative estimate of drug-likeness (QED) is 0.530. The van der Waals surface area contributed by atoms with Crippen LogP contribution in [0, 0.1) is 23.3 Å². The molecule has 0 saturated carbocycles. The van der Waals surface area contributed by atoms with Crippen LogP contribution in [0.2, 0.25) is 0 Å². The van der Waals surface area contributed by atoms with Crippen molar-refractivity contribution in [2.24, 2.45) is 0 Å². The summed E-state index contributed by atoms with van der Waals surface area (Å²) in [7, 11) is 2.04. The number of esters is 1. The molecule has 0 aliphatic heterocycles. The highest BCUT2D eigenvalue weighted by atomic mass is 19.2. The molecular weight excluding hydrogens is 320 g/mol. The summed E-state index contributed by atoms with van der Waals surface area (Å²) in [6.07, 6.45) is 1.07. The molecule has 0 spiro atoms. The van der Waals surface area contributed by atoms with Gasteiger partial charge in [0.15, 0.2) is 17.4 Å². The van der Waals surface area contributed by atoms with Crippen molar-refractivity contribution in [3.05, 3.63) is 47.2 Å². The van der Waals surface area contributed by atoms with Crippen molar-refractivity contribution in [2.75, 3.05) is 19.5 Å². The van der Waals surface area contributed by atoms with Crippen molar-refractivity contribution < 1.29 is 31.8 Å². The standard InChI is InChI=1S/C14H10F4N2O3/c1-22-13-10(17)8(15)12(9(16)11(13)18)20-7-4-3-6(5-19-7)14(21)23-2/h3-5H,1-2H3,(H,19,20). The third-order valence-electron chi connectivity index (χ3n) is 2.86. The lowest BCUT2D eigenvalue weighted by molar-refractivity contribution is 0.0600. The van der Waals surface area contributed by atoms with E-state index in [1.807, 2.05) is 0 Å². The number of aromatic nitrogens is 1. The Morgan fingerprint density at radius 3 is 2.09 bits per heavy atom. The average molecular weight is 330 g/mol. The predicted molar refractivity (Wildman–Crippen MR) is 71.7 cm³/mol. The molecule has 1 heterocycles. The first-order valence-corrected chi connectivity index (χ1v) is 6.12. The Bertz CT molecular complexity index is 722. The molecule has 23 heavy (non-hydrogen) atoms. The number of hydrogen-bond donors (Lipinski definition) is 1. The van der Waals surface area contributed by atoms with Crippen molar-refractivity contribution >= 4 is 17.5 Å². The maximum Gasteiger partial charge on any atom is 0.339 e. The van der Waals surface area contributed by atoms with Crippen LogP contribution in [0.5, 0.6) is 5.75 Å². The van der Waals surface area contributed by atoms with E-state index in [1.165, 1.54) is 19.2 Å². The number of nitrogens with one attached hydrogen (secondary N) is 1. The second kappa shape index (κ2) is 6.51. The summed E-state index contributed by atoms with van der Waals surface area (Å²) < 4.78 is 63.5. The number of methoxy groups -OCH3 is 2. The van der Waals surface area contributed by atoms with Crippen LogP contribution in [-0.4, -0.2) is 25.2 Å². The lowest BCUT2D eigenvalue weighted by Crippen LogP contribution is -2.07. The maximum absolute atomic E-state index is 13.8. The van der Waals surface area contributed by atoms with E-state index < -0.39 is 40.7 Å². The van der Waals surface area contributed by atoms with E-state index in [-0.39, 0.29) is 11.4 Å². The fraction of sp³-hybridized carbons (Fsp3) is 0.143. The van der Waals surface area contributed by atoms with Crippen LogP contribution in [0.3, 0.4) is 0 Å². The fourth-order valence-corrected chi connectivity index (χ4v) is 1.73. The minimum Gasteiger partial charge on any atom is -0.491 e. The highest BCUT2D eigenvalue weighted by Crippen LogP contribution is 2.34. The molecule has 0 atom stereocenters. The molecule has 5 nitrogen and oxygen atoms in total. The summed E-state index contributed by atoms with van der Waals surface area (Å²) in [5.74, 6) is -8.67. The Morgan fingerprint density at radius 1 is 1.04 bits per heavy atom. The lowest BCUT2D eigenvalue weighted by atomic mass is 10.2. The first-order valence-electron chi connectivity index (χ1n) is 6.12. The summed E-state index contributed by atoms with van der Waals surface area (Å²) in [5, 5.41) is 2.11. The van der Waals surface area contributed by atoms with Gasteiger partial charge in [-0.05, 0) is 12.1 Å². The van der Waals surface area contributed by atoms with Gasteiger partial charge in [-0.1, -0.05) is 0 Å². The van der Waals surface area contributed by atoms with Crippen LogP contribution >= 0.6 is 0 Å². The van der Waals surface area contributed by atoms with Crippen molar-refractivity contribution in [1.82, 2.24) is 4.98 Å². The van der Waals surface area contributed by atoms with E-state index in [0.29, 0.717) is 0 Å². The van der Waals surface area contributed by atoms with Crippen LogP contribution in [0.1, 0.15) is 10.4 Å². The number of rotatable bonds is 4. The zero-order chi connectivity index (χ0) is 17.1. The number of benzene rings is 1. The van der Waals surface area contributed by atoms with Gasteiger partial charge in [0, 0.05) is 6.20 Å². The molecule has 1 N–H and O–H groups in total. The first kappa shape index (κ1) is 16.5. The highest BCUT2D eigenvalue weighted by molar-refractivity contribution is 5.89. The van der Waals surface area contributed by atoms with Crippen molar-refractivity contribution in [1.29, 1.82) is 0 Å². The van der Waals surface area contributed by atoms with Gasteiger partial charge in [-0.25, -0.2) is 18.6 Å². The van der Waals surface area contributed by atoms with Crippen molar-refractivity contribution in [3.8, 4) is 5.75 Å². The smallest absolute Gasteiger partial charge is 0.339 e. The van der Waals surface area contributed by atoms with Gasteiger partial charge in [-0.2, -0.15) is 8.78 Å². The fourth-order valence-electron chi connectivity index (χ4n) is 1.73. The minimum atomic E-state index is -1.68. The van der Waals surface area contributed by atoms with Crippen LogP contribution in [0.15, 0.2) is 18.3 Å². The van der Waals surface area contributed by atoms with Gasteiger partial charge in [-0.3, -0.25) is 0 Å². The molecule has 0 aliphatic rings. The summed E-state index contributed by atoms with van der Waals surface area (Å²) in [4.78, 5) is 14.9. The molecule has 0 unspecified atom stereocenters. The number of pyridine rings is 1. The van der Waals surface area contributed by atoms with Gasteiger partial charge in [0.05, 0.1) is 19.8 Å². The van der Waals surface area contributed by atoms with Crippen molar-refractivity contribution in [3.63, 3.8) is 0 Å². The number of carbonyl (C=O) groups is 1. The first-order chi connectivity index (χ1) is 10.9. The van der Waals surface area contributed by atoms with Gasteiger partial charge in [-0.15, -0.1) is 0 Å². The van der Waals surface area contributed by atoms with Crippen LogP contribution < -0.4 is 10.1 Å². The van der Waals surface area contributed by atoms with Crippen LogP contribution in [0.25, 0.3) is 0 Å². The van der Waals surface area contributed by atoms with E-state index in [4.69, 9.17) is 0 Å². The van der Waals surface area contributed by atoms with Gasteiger partial charge in [0.25, 0.3) is 0 Å². The van der Waals surface area contributed by atoms with E-state index in [9.17, 15) is 22.4 Å². The number of anilines is 2. The van der Waals surface area contributed by atoms with Gasteiger partial charge >= 0.3 is 5.97 Å². The zero-order valence-electron chi connectivity index (χ0n) is 11.9. The number of ether oxygens (including phenoxy) is 2. The summed E-state index contributed by atoms with van der Waals surface area (Å²) >= 11 is 0. The molecule has 1 aromatic heterocycles. The van der Waals surface area contributed by atoms with Gasteiger partial charge < -0.3 is 14.8 Å². The molecule has 122 valence electrons. The molecule has 9 heteroatoms. The molecule has 0 fully saturated rings. The van der Waals surface area contributed by atoms with E-state index >= 15 is 0 Å². The molecule has 0 saturated heterocycles. The topological polar surface area (TPSA) is 60.5 Å². The van der Waals surface area contributed by atoms with Crippen molar-refractivity contribution in [2.45, 2.75) is 0 Å². The molecule has 0 radical (unpaired) electrons. The SMILES string of the molecule is COC(=O)c1ccc(Nc2c(F)c(F)c(OC)c(F)c2F)nc1. The molecular formula is C14H10F4N2O3. The molecule has 0 amide bonds. The predicted octanol–water partition coefficient (Wildman–Crippen LogP) is 3.18. The Kier molecular flexibility index (Phi) is 4.68. The third kappa shape index (κ3) is 3.03. The number of carbonyl (C=O) groups excluding carboxylic acids is 1. The zero-order valence-corrected chi connectivity index (χ0v) is 11.9. The van der Waals surface area contributed by atoms with Crippen LogP contribution in [0.4, 0.5) is 29.1 Å². The summed E-state index contributed by atoms with van der Waals surface area (Å²) in [6.45, 7) is 0. The maximum atomic E-state index is 13.8. The Labute approximate surface area is 127 Å². The average Bonchev–Trinajstić information content (AvgIpc) is 2.57. The molecule has 0 aliphatic carbocycles. The number of nitrogens with zero attached hydrogens (tertiary/aromatic N) is 1. The normalized spacial score (nSPS) is 10.3. The molecule has 1 aromatic carbocycles. The largest absolute Gasteiger partial charge is 0.491 e. The van der Waals surface area contributed by atoms with E-state index in [2.05, 4.69) is 19.8 Å². The third-order valence-corrected chi connectivity index (χ3v) is 2.86. The highest BCUT2D eigenvalue weighted by Gasteiger charge is 2.26. The molecule has 2 aromatic rings. The summed E-state index contributed by atoms with van der Waals surface area (Å²) in [6, 6.07) is 2.44. The number of halogens is 4. The lowest BCUT2D eigenvalue weighted by Gasteiger charge is -2.12. The number of hydrogen-bond acceptors (Lipinski definition) is 5. The second-order valence-electron chi connectivity index (χ2n) is 4.21. The summed E-state index contributed by atoms with van der Waals surface area (Å²) in [5.41, 5.74) is -0.981. The molecule has 0 bridgehead atoms. The Hall–Kier alpha value is -2.84. The monoisotopic (exact) mass is 330 g/mol. The Morgan fingerprint density at radius 2 is 1.65 bits per heavy atom. The second-order valence-corrected chi connectivity index (χ2v) is 4.21. The van der Waals surface area contributed by atoms with Gasteiger partial charge in [0.1, 0.15) is 11.5 Å². The minimum absolute atomic E-state index is 0.0890. The Balaban J connectivity index is 2.39.